The number of non-ortho nitro benzene ring substituents is 2. The van der Waals surface area contributed by atoms with Crippen molar-refractivity contribution in [1.82, 2.24) is 4.57 Å². The van der Waals surface area contributed by atoms with Crippen LogP contribution in [0.15, 0.2) is 47.5 Å². The third-order valence-electron chi connectivity index (χ3n) is 3.95. The zero-order valence-electron chi connectivity index (χ0n) is 15.5. The fraction of sp³-hybridized carbons (Fsp3) is 0.167. The lowest BCUT2D eigenvalue weighted by molar-refractivity contribution is -0.394. The Morgan fingerprint density at radius 2 is 1.73 bits per heavy atom. The summed E-state index contributed by atoms with van der Waals surface area (Å²) in [7, 11) is 0. The molecular formula is C18H14N4O7S. The first-order valence-electron chi connectivity index (χ1n) is 8.57. The predicted octanol–water partition coefficient (Wildman–Crippen LogP) is 2.82. The molecule has 3 aromatic rings. The van der Waals surface area contributed by atoms with Gasteiger partial charge in [0.2, 0.25) is 0 Å². The van der Waals surface area contributed by atoms with Crippen LogP contribution in [-0.4, -0.2) is 32.9 Å². The van der Waals surface area contributed by atoms with Crippen LogP contribution in [0.25, 0.3) is 10.2 Å². The van der Waals surface area contributed by atoms with E-state index >= 15 is 0 Å². The number of ether oxygens (including phenoxy) is 1. The highest BCUT2D eigenvalue weighted by molar-refractivity contribution is 7.16. The topological polar surface area (TPSA) is 147 Å². The second-order valence-corrected chi connectivity index (χ2v) is 6.92. The van der Waals surface area contributed by atoms with Gasteiger partial charge in [0.1, 0.15) is 6.54 Å². The normalized spacial score (nSPS) is 11.4. The average Bonchev–Trinajstić information content (AvgIpc) is 3.04. The standard InChI is InChI=1S/C18H14N4O7S/c1-2-29-16(23)10-20-14-5-3-4-6-15(14)30-18(20)19-17(24)11-7-12(21(25)26)9-13(8-11)22(27)28/h3-9H,2,10H2,1H3. The fourth-order valence-electron chi connectivity index (χ4n) is 2.68. The van der Waals surface area contributed by atoms with E-state index in [1.807, 2.05) is 0 Å². The van der Waals surface area contributed by atoms with Crippen LogP contribution in [0.5, 0.6) is 0 Å². The van der Waals surface area contributed by atoms with Crippen molar-refractivity contribution in [2.24, 2.45) is 4.99 Å². The Morgan fingerprint density at radius 3 is 2.33 bits per heavy atom. The molecule has 0 unspecified atom stereocenters. The van der Waals surface area contributed by atoms with Crippen LogP contribution in [0.4, 0.5) is 11.4 Å². The molecule has 12 heteroatoms. The third kappa shape index (κ3) is 4.38. The highest BCUT2D eigenvalue weighted by atomic mass is 32.1. The highest BCUT2D eigenvalue weighted by Gasteiger charge is 2.20. The molecule has 2 aromatic carbocycles. The molecule has 3 rings (SSSR count). The van der Waals surface area contributed by atoms with Gasteiger partial charge in [0.15, 0.2) is 4.80 Å². The lowest BCUT2D eigenvalue weighted by Crippen LogP contribution is -2.23. The van der Waals surface area contributed by atoms with Crippen LogP contribution in [0.3, 0.4) is 0 Å². The molecule has 1 amide bonds. The maximum atomic E-state index is 12.7. The number of nitrogens with zero attached hydrogens (tertiary/aromatic N) is 4. The second-order valence-electron chi connectivity index (χ2n) is 5.91. The van der Waals surface area contributed by atoms with E-state index in [4.69, 9.17) is 4.74 Å². The molecule has 1 aromatic heterocycles. The van der Waals surface area contributed by atoms with Crippen molar-refractivity contribution in [2.75, 3.05) is 6.61 Å². The summed E-state index contributed by atoms with van der Waals surface area (Å²) >= 11 is 1.13. The molecule has 0 atom stereocenters. The maximum Gasteiger partial charge on any atom is 0.326 e. The molecule has 0 aliphatic heterocycles. The van der Waals surface area contributed by atoms with E-state index in [-0.39, 0.29) is 23.5 Å². The number of carbonyl (C=O) groups is 2. The molecule has 0 saturated heterocycles. The number of nitro benzene ring substituents is 2. The number of amides is 1. The van der Waals surface area contributed by atoms with E-state index in [1.165, 1.54) is 4.57 Å². The van der Waals surface area contributed by atoms with E-state index in [9.17, 15) is 29.8 Å². The Kier molecular flexibility index (Phi) is 5.97. The fourth-order valence-corrected chi connectivity index (χ4v) is 3.70. The van der Waals surface area contributed by atoms with E-state index in [0.29, 0.717) is 5.52 Å². The van der Waals surface area contributed by atoms with Gasteiger partial charge in [0.25, 0.3) is 17.3 Å². The second kappa shape index (κ2) is 8.61. The van der Waals surface area contributed by atoms with Crippen molar-refractivity contribution >= 4 is 44.8 Å². The summed E-state index contributed by atoms with van der Waals surface area (Å²) in [5.41, 5.74) is -0.861. The van der Waals surface area contributed by atoms with E-state index < -0.39 is 33.1 Å². The minimum absolute atomic E-state index is 0.156. The lowest BCUT2D eigenvalue weighted by Gasteiger charge is -2.05. The number of nitro groups is 2. The Bertz CT molecular complexity index is 1210. The first-order valence-corrected chi connectivity index (χ1v) is 9.38. The molecule has 30 heavy (non-hydrogen) atoms. The summed E-state index contributed by atoms with van der Waals surface area (Å²) in [5, 5.41) is 22.1. The number of rotatable bonds is 6. The molecule has 0 fully saturated rings. The Morgan fingerprint density at radius 1 is 1.10 bits per heavy atom. The minimum Gasteiger partial charge on any atom is -0.465 e. The average molecular weight is 430 g/mol. The van der Waals surface area contributed by atoms with Gasteiger partial charge < -0.3 is 9.30 Å². The molecule has 154 valence electrons. The Hall–Kier alpha value is -3.93. The zero-order valence-corrected chi connectivity index (χ0v) is 16.3. The number of hydrogen-bond donors (Lipinski definition) is 0. The van der Waals surface area contributed by atoms with Gasteiger partial charge in [-0.2, -0.15) is 4.99 Å². The Labute approximate surface area is 172 Å². The van der Waals surface area contributed by atoms with Crippen LogP contribution >= 0.6 is 11.3 Å². The van der Waals surface area contributed by atoms with Crippen LogP contribution in [0, 0.1) is 20.2 Å². The molecule has 0 aliphatic carbocycles. The number of carbonyl (C=O) groups excluding carboxylic acids is 2. The first kappa shape index (κ1) is 20.8. The molecule has 11 nitrogen and oxygen atoms in total. The minimum atomic E-state index is -0.911. The predicted molar refractivity (Wildman–Crippen MR) is 106 cm³/mol. The molecular weight excluding hydrogens is 416 g/mol. The zero-order chi connectivity index (χ0) is 21.8. The van der Waals surface area contributed by atoms with Gasteiger partial charge in [-0.15, -0.1) is 0 Å². The lowest BCUT2D eigenvalue weighted by atomic mass is 10.1. The molecule has 0 aliphatic rings. The van der Waals surface area contributed by atoms with Crippen molar-refractivity contribution in [3.8, 4) is 0 Å². The van der Waals surface area contributed by atoms with Crippen LogP contribution in [0.2, 0.25) is 0 Å². The van der Waals surface area contributed by atoms with Crippen molar-refractivity contribution < 1.29 is 24.2 Å². The van der Waals surface area contributed by atoms with Crippen molar-refractivity contribution in [2.45, 2.75) is 13.5 Å². The van der Waals surface area contributed by atoms with Crippen molar-refractivity contribution in [1.29, 1.82) is 0 Å². The largest absolute Gasteiger partial charge is 0.465 e. The summed E-state index contributed by atoms with van der Waals surface area (Å²) < 4.78 is 7.20. The van der Waals surface area contributed by atoms with Gasteiger partial charge in [-0.25, -0.2) is 0 Å². The molecule has 0 bridgehead atoms. The summed E-state index contributed by atoms with van der Waals surface area (Å²) in [4.78, 5) is 49.2. The Balaban J connectivity index is 2.13. The number of benzene rings is 2. The SMILES string of the molecule is CCOC(=O)Cn1c(=NC(=O)c2cc([N+](=O)[O-])cc([N+](=O)[O-])c2)sc2ccccc21. The van der Waals surface area contributed by atoms with E-state index in [2.05, 4.69) is 4.99 Å². The van der Waals surface area contributed by atoms with Crippen LogP contribution in [-0.2, 0) is 16.1 Å². The van der Waals surface area contributed by atoms with Crippen molar-refractivity contribution in [3.63, 3.8) is 0 Å². The van der Waals surface area contributed by atoms with Gasteiger partial charge >= 0.3 is 5.97 Å². The smallest absolute Gasteiger partial charge is 0.326 e. The molecule has 1 heterocycles. The summed E-state index contributed by atoms with van der Waals surface area (Å²) in [5.74, 6) is -1.44. The molecule has 0 saturated carbocycles. The molecule has 0 N–H and O–H groups in total. The number of esters is 1. The number of hydrogen-bond acceptors (Lipinski definition) is 8. The summed E-state index contributed by atoms with van der Waals surface area (Å²) in [6.45, 7) is 1.65. The van der Waals surface area contributed by atoms with Gasteiger partial charge in [-0.3, -0.25) is 29.8 Å². The van der Waals surface area contributed by atoms with Gasteiger partial charge in [0.05, 0.1) is 38.3 Å². The third-order valence-corrected chi connectivity index (χ3v) is 5.01. The van der Waals surface area contributed by atoms with Crippen LogP contribution in [0.1, 0.15) is 17.3 Å². The first-order chi connectivity index (χ1) is 14.3. The monoisotopic (exact) mass is 430 g/mol. The van der Waals surface area contributed by atoms with Gasteiger partial charge in [-0.1, -0.05) is 23.5 Å². The molecule has 0 radical (unpaired) electrons. The highest BCUT2D eigenvalue weighted by Crippen LogP contribution is 2.23. The van der Waals surface area contributed by atoms with E-state index in [1.54, 1.807) is 31.2 Å². The number of thiazole rings is 1. The number of fused-ring (bicyclic) bond motifs is 1. The van der Waals surface area contributed by atoms with Crippen LogP contribution < -0.4 is 4.80 Å². The summed E-state index contributed by atoms with van der Waals surface area (Å²) in [6.07, 6.45) is 0. The van der Waals surface area contributed by atoms with Gasteiger partial charge in [-0.05, 0) is 19.1 Å². The molecule has 0 spiro atoms. The van der Waals surface area contributed by atoms with E-state index in [0.717, 1.165) is 34.2 Å². The number of aromatic nitrogens is 1. The number of para-hydroxylation sites is 1. The quantitative estimate of drug-likeness (QED) is 0.332. The van der Waals surface area contributed by atoms with Crippen molar-refractivity contribution in [3.05, 3.63) is 73.1 Å². The maximum absolute atomic E-state index is 12.7. The summed E-state index contributed by atoms with van der Waals surface area (Å²) in [6, 6.07) is 9.66. The van der Waals surface area contributed by atoms with Gasteiger partial charge in [0, 0.05) is 12.1 Å².